The molecule has 2 N–H and O–H groups in total. The van der Waals surface area contributed by atoms with Crippen molar-refractivity contribution in [3.8, 4) is 0 Å². The van der Waals surface area contributed by atoms with E-state index in [1.165, 1.54) is 18.3 Å². The zero-order chi connectivity index (χ0) is 22.9. The second kappa shape index (κ2) is 8.43. The number of amides is 1. The number of ether oxygens (including phenoxy) is 1. The molecule has 1 aliphatic carbocycles. The lowest BCUT2D eigenvalue weighted by atomic mass is 9.75. The number of benzene rings is 2. The minimum atomic E-state index is -4.39. The lowest BCUT2D eigenvalue weighted by Crippen LogP contribution is -2.36. The molecule has 1 fully saturated rings. The molecule has 2 aromatic rings. The summed E-state index contributed by atoms with van der Waals surface area (Å²) in [5.41, 5.74) is 8.32. The molecule has 0 spiro atoms. The van der Waals surface area contributed by atoms with Gasteiger partial charge in [0, 0.05) is 36.7 Å². The standard InChI is InChI=1S/C24H24F3N3O2/c1-32-23(11-2-12-23)18-5-3-16(4-6-18)22(31)30-14-17(21(28)15-30)13-29-20-9-7-19(8-10-20)24(25,26)27/h3-10,13H,2,11-12,14-15,28H2,1H3. The maximum Gasteiger partial charge on any atom is 0.416 e. The van der Waals surface area contributed by atoms with Crippen molar-refractivity contribution in [3.05, 3.63) is 76.5 Å². The molecular formula is C24H24F3N3O2. The Kier molecular flexibility index (Phi) is 5.81. The van der Waals surface area contributed by atoms with Gasteiger partial charge in [-0.25, -0.2) is 0 Å². The quantitative estimate of drug-likeness (QED) is 0.675. The van der Waals surface area contributed by atoms with Crippen LogP contribution in [0.25, 0.3) is 0 Å². The number of carbonyl (C=O) groups is 1. The van der Waals surface area contributed by atoms with Crippen LogP contribution in [0.5, 0.6) is 0 Å². The summed E-state index contributed by atoms with van der Waals surface area (Å²) in [5.74, 6) is -0.141. The number of hydrogen-bond acceptors (Lipinski definition) is 4. The van der Waals surface area contributed by atoms with Gasteiger partial charge in [-0.2, -0.15) is 13.2 Å². The lowest BCUT2D eigenvalue weighted by molar-refractivity contribution is -0.137. The van der Waals surface area contributed by atoms with Gasteiger partial charge >= 0.3 is 6.18 Å². The summed E-state index contributed by atoms with van der Waals surface area (Å²) in [6.45, 7) is 0.565. The van der Waals surface area contributed by atoms with E-state index in [9.17, 15) is 18.0 Å². The molecule has 5 nitrogen and oxygen atoms in total. The predicted octanol–water partition coefficient (Wildman–Crippen LogP) is 4.80. The van der Waals surface area contributed by atoms with Gasteiger partial charge in [0.25, 0.3) is 5.91 Å². The molecule has 2 aromatic carbocycles. The minimum Gasteiger partial charge on any atom is -0.400 e. The SMILES string of the molecule is COC1(c2ccc(C(=O)N3CC(N)=C(C=Nc4ccc(C(F)(F)F)cc4)C3)cc2)CCC1. The maximum atomic E-state index is 12.9. The normalized spacial score (nSPS) is 18.3. The van der Waals surface area contributed by atoms with Crippen molar-refractivity contribution in [3.63, 3.8) is 0 Å². The molecule has 0 bridgehead atoms. The van der Waals surface area contributed by atoms with Gasteiger partial charge in [-0.1, -0.05) is 12.1 Å². The van der Waals surface area contributed by atoms with Gasteiger partial charge in [-0.3, -0.25) is 9.79 Å². The van der Waals surface area contributed by atoms with Crippen LogP contribution >= 0.6 is 0 Å². The van der Waals surface area contributed by atoms with Crippen molar-refractivity contribution in [1.82, 2.24) is 4.90 Å². The van der Waals surface area contributed by atoms with Crippen molar-refractivity contribution in [1.29, 1.82) is 0 Å². The van der Waals surface area contributed by atoms with Gasteiger partial charge in [0.2, 0.25) is 0 Å². The number of nitrogens with zero attached hydrogens (tertiary/aromatic N) is 2. The Bertz CT molecular complexity index is 1050. The van der Waals surface area contributed by atoms with Crippen LogP contribution in [-0.2, 0) is 16.5 Å². The van der Waals surface area contributed by atoms with E-state index < -0.39 is 11.7 Å². The van der Waals surface area contributed by atoms with Gasteiger partial charge < -0.3 is 15.4 Å². The first-order valence-corrected chi connectivity index (χ1v) is 10.4. The molecule has 32 heavy (non-hydrogen) atoms. The average Bonchev–Trinajstić information content (AvgIpc) is 3.12. The number of rotatable bonds is 5. The van der Waals surface area contributed by atoms with Crippen LogP contribution in [0.3, 0.4) is 0 Å². The zero-order valence-corrected chi connectivity index (χ0v) is 17.7. The first-order chi connectivity index (χ1) is 15.2. The molecule has 8 heteroatoms. The molecule has 4 rings (SSSR count). The highest BCUT2D eigenvalue weighted by molar-refractivity contribution is 5.96. The lowest BCUT2D eigenvalue weighted by Gasteiger charge is -2.41. The monoisotopic (exact) mass is 443 g/mol. The smallest absolute Gasteiger partial charge is 0.400 e. The van der Waals surface area contributed by atoms with E-state index in [2.05, 4.69) is 4.99 Å². The fourth-order valence-corrected chi connectivity index (χ4v) is 4.03. The van der Waals surface area contributed by atoms with Gasteiger partial charge in [-0.05, 0) is 61.2 Å². The van der Waals surface area contributed by atoms with E-state index in [1.54, 1.807) is 24.1 Å². The average molecular weight is 443 g/mol. The van der Waals surface area contributed by atoms with Crippen LogP contribution in [0.1, 0.15) is 40.7 Å². The molecule has 0 atom stereocenters. The molecule has 1 saturated carbocycles. The summed E-state index contributed by atoms with van der Waals surface area (Å²) < 4.78 is 43.7. The number of halogens is 3. The van der Waals surface area contributed by atoms with E-state index in [0.717, 1.165) is 37.0 Å². The molecule has 0 aromatic heterocycles. The van der Waals surface area contributed by atoms with Crippen LogP contribution in [-0.4, -0.2) is 37.2 Å². The fourth-order valence-electron chi connectivity index (χ4n) is 4.03. The Labute approximate surface area is 184 Å². The van der Waals surface area contributed by atoms with E-state index in [1.807, 2.05) is 12.1 Å². The predicted molar refractivity (Wildman–Crippen MR) is 116 cm³/mol. The van der Waals surface area contributed by atoms with Gasteiger partial charge in [0.05, 0.1) is 23.4 Å². The highest BCUT2D eigenvalue weighted by Gasteiger charge is 2.38. The summed E-state index contributed by atoms with van der Waals surface area (Å²) in [4.78, 5) is 18.7. The Morgan fingerprint density at radius 2 is 1.75 bits per heavy atom. The number of alkyl halides is 3. The molecule has 0 radical (unpaired) electrons. The van der Waals surface area contributed by atoms with E-state index in [-0.39, 0.29) is 18.1 Å². The first-order valence-electron chi connectivity index (χ1n) is 10.4. The Hall–Kier alpha value is -3.13. The highest BCUT2D eigenvalue weighted by atomic mass is 19.4. The Morgan fingerprint density at radius 1 is 1.09 bits per heavy atom. The van der Waals surface area contributed by atoms with Crippen LogP contribution in [0.2, 0.25) is 0 Å². The second-order valence-corrected chi connectivity index (χ2v) is 8.14. The zero-order valence-electron chi connectivity index (χ0n) is 17.7. The number of aliphatic imine (C=N–C) groups is 1. The highest BCUT2D eigenvalue weighted by Crippen LogP contribution is 2.44. The van der Waals surface area contributed by atoms with Gasteiger partial charge in [-0.15, -0.1) is 0 Å². The van der Waals surface area contributed by atoms with E-state index >= 15 is 0 Å². The topological polar surface area (TPSA) is 67.9 Å². The van der Waals surface area contributed by atoms with Crippen LogP contribution in [0.15, 0.2) is 64.8 Å². The van der Waals surface area contributed by atoms with Gasteiger partial charge in [0.15, 0.2) is 0 Å². The molecule has 1 heterocycles. The number of hydrogen-bond donors (Lipinski definition) is 1. The minimum absolute atomic E-state index is 0.141. The number of methoxy groups -OCH3 is 1. The summed E-state index contributed by atoms with van der Waals surface area (Å²) in [7, 11) is 1.71. The van der Waals surface area contributed by atoms with Crippen molar-refractivity contribution in [2.24, 2.45) is 10.7 Å². The number of carbonyl (C=O) groups excluding carboxylic acids is 1. The molecule has 1 aliphatic heterocycles. The summed E-state index contributed by atoms with van der Waals surface area (Å²) in [6, 6.07) is 12.1. The van der Waals surface area contributed by atoms with Crippen LogP contribution in [0.4, 0.5) is 18.9 Å². The van der Waals surface area contributed by atoms with Crippen molar-refractivity contribution in [2.45, 2.75) is 31.0 Å². The molecule has 1 amide bonds. The maximum absolute atomic E-state index is 12.9. The number of nitrogens with two attached hydrogens (primary N) is 1. The third kappa shape index (κ3) is 4.27. The molecule has 2 aliphatic rings. The van der Waals surface area contributed by atoms with Crippen molar-refractivity contribution in [2.75, 3.05) is 20.2 Å². The van der Waals surface area contributed by atoms with Crippen LogP contribution in [0, 0.1) is 0 Å². The Balaban J connectivity index is 1.40. The summed E-state index contributed by atoms with van der Waals surface area (Å²) in [5, 5.41) is 0. The molecule has 0 saturated heterocycles. The van der Waals surface area contributed by atoms with E-state index in [4.69, 9.17) is 10.5 Å². The molecule has 168 valence electrons. The first kappa shape index (κ1) is 22.1. The third-order valence-corrected chi connectivity index (χ3v) is 6.20. The fraction of sp³-hybridized carbons (Fsp3) is 0.333. The van der Waals surface area contributed by atoms with E-state index in [0.29, 0.717) is 29.1 Å². The van der Waals surface area contributed by atoms with Crippen molar-refractivity contribution < 1.29 is 22.7 Å². The van der Waals surface area contributed by atoms with Gasteiger partial charge in [0.1, 0.15) is 0 Å². The second-order valence-electron chi connectivity index (χ2n) is 8.14. The third-order valence-electron chi connectivity index (χ3n) is 6.20. The Morgan fingerprint density at radius 3 is 2.28 bits per heavy atom. The summed E-state index contributed by atoms with van der Waals surface area (Å²) in [6.07, 6.45) is 0.203. The van der Waals surface area contributed by atoms with Crippen LogP contribution < -0.4 is 5.73 Å². The molecular weight excluding hydrogens is 419 g/mol. The molecule has 0 unspecified atom stereocenters. The van der Waals surface area contributed by atoms with Crippen molar-refractivity contribution >= 4 is 17.8 Å². The summed E-state index contributed by atoms with van der Waals surface area (Å²) >= 11 is 0. The largest absolute Gasteiger partial charge is 0.416 e.